The fourth-order valence-corrected chi connectivity index (χ4v) is 1.61. The Morgan fingerprint density at radius 1 is 1.39 bits per heavy atom. The second-order valence-corrected chi connectivity index (χ2v) is 4.83. The predicted molar refractivity (Wildman–Crippen MR) is 68.1 cm³/mol. The van der Waals surface area contributed by atoms with Gasteiger partial charge in [0, 0.05) is 26.5 Å². The highest BCUT2D eigenvalue weighted by molar-refractivity contribution is 5.87. The summed E-state index contributed by atoms with van der Waals surface area (Å²) in [6, 6.07) is -0.844. The van der Waals surface area contributed by atoms with Crippen LogP contribution in [-0.4, -0.2) is 46.5 Å². The van der Waals surface area contributed by atoms with E-state index < -0.39 is 6.04 Å². The molecule has 6 heteroatoms. The number of hydrogen-bond donors (Lipinski definition) is 1. The third-order valence-corrected chi connectivity index (χ3v) is 2.48. The van der Waals surface area contributed by atoms with Crippen molar-refractivity contribution in [1.29, 1.82) is 0 Å². The summed E-state index contributed by atoms with van der Waals surface area (Å²) < 4.78 is 1.32. The summed E-state index contributed by atoms with van der Waals surface area (Å²) in [5, 5.41) is 2.72. The molecular weight excluding hydrogens is 232 g/mol. The van der Waals surface area contributed by atoms with Gasteiger partial charge in [0.05, 0.1) is 0 Å². The average molecular weight is 252 g/mol. The number of carbonyl (C=O) groups excluding carboxylic acids is 2. The molecule has 2 amide bonds. The van der Waals surface area contributed by atoms with Gasteiger partial charge in [0.15, 0.2) is 0 Å². The van der Waals surface area contributed by atoms with E-state index in [0.29, 0.717) is 12.3 Å². The number of amides is 2. The molecule has 0 fully saturated rings. The largest absolute Gasteiger partial charge is 0.347 e. The van der Waals surface area contributed by atoms with Crippen LogP contribution in [-0.2, 0) is 4.79 Å². The minimum atomic E-state index is -0.505. The van der Waals surface area contributed by atoms with Crippen LogP contribution < -0.4 is 5.32 Å². The number of hydrogen-bond acceptors (Lipinski definition) is 3. The molecule has 100 valence electrons. The van der Waals surface area contributed by atoms with Crippen LogP contribution >= 0.6 is 0 Å². The van der Waals surface area contributed by atoms with Crippen LogP contribution in [0.3, 0.4) is 0 Å². The van der Waals surface area contributed by atoms with E-state index in [4.69, 9.17) is 0 Å². The van der Waals surface area contributed by atoms with Gasteiger partial charge in [0.2, 0.25) is 5.91 Å². The second-order valence-electron chi connectivity index (χ2n) is 4.83. The average Bonchev–Trinajstić information content (AvgIpc) is 2.79. The Balaban J connectivity index is 2.72. The van der Waals surface area contributed by atoms with Gasteiger partial charge in [-0.25, -0.2) is 9.78 Å². The van der Waals surface area contributed by atoms with Crippen LogP contribution in [0.2, 0.25) is 0 Å². The highest BCUT2D eigenvalue weighted by Gasteiger charge is 2.23. The molecule has 0 aromatic carbocycles. The molecule has 0 saturated carbocycles. The zero-order valence-electron chi connectivity index (χ0n) is 11.3. The summed E-state index contributed by atoms with van der Waals surface area (Å²) in [7, 11) is 3.36. The normalized spacial score (nSPS) is 12.3. The summed E-state index contributed by atoms with van der Waals surface area (Å²) >= 11 is 0. The Kier molecular flexibility index (Phi) is 4.88. The van der Waals surface area contributed by atoms with Crippen molar-refractivity contribution in [2.45, 2.75) is 26.3 Å². The van der Waals surface area contributed by atoms with Crippen molar-refractivity contribution >= 4 is 11.9 Å². The number of likely N-dealkylation sites (N-methyl/N-ethyl adjacent to an activating group) is 1. The van der Waals surface area contributed by atoms with Crippen molar-refractivity contribution in [3.63, 3.8) is 0 Å². The quantitative estimate of drug-likeness (QED) is 0.867. The topological polar surface area (TPSA) is 67.2 Å². The summed E-state index contributed by atoms with van der Waals surface area (Å²) in [6.45, 7) is 4.03. The summed E-state index contributed by atoms with van der Waals surface area (Å²) in [5.41, 5.74) is 0. The van der Waals surface area contributed by atoms with Crippen LogP contribution in [0.25, 0.3) is 0 Å². The fourth-order valence-electron chi connectivity index (χ4n) is 1.61. The Morgan fingerprint density at radius 2 is 2.06 bits per heavy atom. The summed E-state index contributed by atoms with van der Waals surface area (Å²) in [5.74, 6) is 0.221. The Labute approximate surface area is 107 Å². The first-order valence-corrected chi connectivity index (χ1v) is 5.91. The first-order chi connectivity index (χ1) is 8.41. The van der Waals surface area contributed by atoms with Gasteiger partial charge in [0.25, 0.3) is 0 Å². The van der Waals surface area contributed by atoms with Gasteiger partial charge in [-0.15, -0.1) is 0 Å². The minimum Gasteiger partial charge on any atom is -0.347 e. The number of imidazole rings is 1. The van der Waals surface area contributed by atoms with Crippen LogP contribution in [0, 0.1) is 5.92 Å². The van der Waals surface area contributed by atoms with Crippen LogP contribution in [0.4, 0.5) is 4.79 Å². The molecule has 0 radical (unpaired) electrons. The lowest BCUT2D eigenvalue weighted by atomic mass is 10.0. The van der Waals surface area contributed by atoms with Crippen LogP contribution in [0.5, 0.6) is 0 Å². The van der Waals surface area contributed by atoms with Gasteiger partial charge in [-0.05, 0) is 12.3 Å². The van der Waals surface area contributed by atoms with E-state index >= 15 is 0 Å². The number of rotatable bonds is 4. The molecule has 0 aliphatic rings. The zero-order valence-corrected chi connectivity index (χ0v) is 11.3. The number of nitrogens with zero attached hydrogens (tertiary/aromatic N) is 3. The first kappa shape index (κ1) is 14.2. The molecule has 1 atom stereocenters. The molecule has 0 bridgehead atoms. The van der Waals surface area contributed by atoms with E-state index in [0.717, 1.165) is 0 Å². The van der Waals surface area contributed by atoms with Crippen LogP contribution in [0.15, 0.2) is 18.7 Å². The van der Waals surface area contributed by atoms with Crippen molar-refractivity contribution in [2.75, 3.05) is 14.1 Å². The highest BCUT2D eigenvalue weighted by Crippen LogP contribution is 2.07. The predicted octanol–water partition coefficient (Wildman–Crippen LogP) is 0.944. The molecule has 18 heavy (non-hydrogen) atoms. The molecule has 6 nitrogen and oxygen atoms in total. The SMILES string of the molecule is CC(C)CC(NC(=O)n1ccnc1)C(=O)N(C)C. The highest BCUT2D eigenvalue weighted by atomic mass is 16.2. The van der Waals surface area contributed by atoms with Gasteiger partial charge in [0.1, 0.15) is 12.4 Å². The fraction of sp³-hybridized carbons (Fsp3) is 0.583. The maximum atomic E-state index is 12.0. The van der Waals surface area contributed by atoms with Gasteiger partial charge in [-0.2, -0.15) is 0 Å². The van der Waals surface area contributed by atoms with Gasteiger partial charge in [-0.1, -0.05) is 13.8 Å². The lowest BCUT2D eigenvalue weighted by Crippen LogP contribution is -2.48. The summed E-state index contributed by atoms with van der Waals surface area (Å²) in [4.78, 5) is 29.1. The lowest BCUT2D eigenvalue weighted by Gasteiger charge is -2.23. The summed E-state index contributed by atoms with van der Waals surface area (Å²) in [6.07, 6.45) is 5.08. The van der Waals surface area contributed by atoms with E-state index in [2.05, 4.69) is 10.3 Å². The second kappa shape index (κ2) is 6.18. The van der Waals surface area contributed by atoms with Crippen LogP contribution in [0.1, 0.15) is 20.3 Å². The maximum absolute atomic E-state index is 12.0. The van der Waals surface area contributed by atoms with Crippen molar-refractivity contribution in [3.05, 3.63) is 18.7 Å². The molecule has 0 saturated heterocycles. The Hall–Kier alpha value is -1.85. The van der Waals surface area contributed by atoms with Crippen molar-refractivity contribution in [2.24, 2.45) is 5.92 Å². The lowest BCUT2D eigenvalue weighted by molar-refractivity contribution is -0.131. The third-order valence-electron chi connectivity index (χ3n) is 2.48. The molecule has 0 aliphatic heterocycles. The Morgan fingerprint density at radius 3 is 2.50 bits per heavy atom. The molecule has 1 unspecified atom stereocenters. The molecular formula is C12H20N4O2. The van der Waals surface area contributed by atoms with E-state index in [-0.39, 0.29) is 11.9 Å². The molecule has 1 aromatic rings. The molecule has 0 spiro atoms. The monoisotopic (exact) mass is 252 g/mol. The van der Waals surface area contributed by atoms with E-state index in [1.54, 1.807) is 20.3 Å². The number of aromatic nitrogens is 2. The smallest absolute Gasteiger partial charge is 0.327 e. The molecule has 0 aliphatic carbocycles. The van der Waals surface area contributed by atoms with Gasteiger partial charge >= 0.3 is 6.03 Å². The Bertz CT molecular complexity index is 398. The van der Waals surface area contributed by atoms with Gasteiger partial charge in [-0.3, -0.25) is 9.36 Å². The molecule has 1 N–H and O–H groups in total. The van der Waals surface area contributed by atoms with Crippen molar-refractivity contribution < 1.29 is 9.59 Å². The van der Waals surface area contributed by atoms with Gasteiger partial charge < -0.3 is 10.2 Å². The van der Waals surface area contributed by atoms with Crippen molar-refractivity contribution in [1.82, 2.24) is 19.8 Å². The minimum absolute atomic E-state index is 0.0998. The first-order valence-electron chi connectivity index (χ1n) is 5.91. The third kappa shape index (κ3) is 3.87. The molecule has 1 rings (SSSR count). The molecule has 1 heterocycles. The van der Waals surface area contributed by atoms with E-state index in [1.165, 1.54) is 22.0 Å². The van der Waals surface area contributed by atoms with E-state index in [1.807, 2.05) is 13.8 Å². The van der Waals surface area contributed by atoms with Crippen molar-refractivity contribution in [3.8, 4) is 0 Å². The van der Waals surface area contributed by atoms with E-state index in [9.17, 15) is 9.59 Å². The maximum Gasteiger partial charge on any atom is 0.327 e. The number of carbonyl (C=O) groups is 2. The number of nitrogens with one attached hydrogen (secondary N) is 1. The zero-order chi connectivity index (χ0) is 13.7. The molecule has 1 aromatic heterocycles. The standard InChI is InChI=1S/C12H20N4O2/c1-9(2)7-10(11(17)15(3)4)14-12(18)16-6-5-13-8-16/h5-6,8-10H,7H2,1-4H3,(H,14,18).